The zero-order chi connectivity index (χ0) is 17.2. The summed E-state index contributed by atoms with van der Waals surface area (Å²) in [5, 5.41) is 1.95. The molecule has 25 heavy (non-hydrogen) atoms. The molecule has 2 heterocycles. The number of benzene rings is 2. The molecule has 0 N–H and O–H groups in total. The van der Waals surface area contributed by atoms with Crippen LogP contribution in [0.1, 0.15) is 16.1 Å². The predicted molar refractivity (Wildman–Crippen MR) is 98.3 cm³/mol. The number of rotatable bonds is 4. The van der Waals surface area contributed by atoms with Crippen molar-refractivity contribution in [3.05, 3.63) is 89.3 Å². The van der Waals surface area contributed by atoms with Crippen molar-refractivity contribution in [1.29, 1.82) is 0 Å². The largest absolute Gasteiger partial charge is 0.290 e. The molecule has 0 saturated heterocycles. The van der Waals surface area contributed by atoms with Crippen LogP contribution in [0.3, 0.4) is 0 Å². The third-order valence-corrected chi connectivity index (χ3v) is 4.62. The number of ketones is 1. The molecule has 0 bridgehead atoms. The van der Waals surface area contributed by atoms with E-state index < -0.39 is 0 Å². The van der Waals surface area contributed by atoms with E-state index in [0.717, 1.165) is 21.9 Å². The molecule has 0 atom stereocenters. The average molecular weight is 348 g/mol. The second-order valence-corrected chi connectivity index (χ2v) is 6.34. The first-order valence-electron chi connectivity index (χ1n) is 7.71. The second-order valence-electron chi connectivity index (χ2n) is 5.47. The molecule has 4 aromatic rings. The Balaban J connectivity index is 1.74. The van der Waals surface area contributed by atoms with Crippen LogP contribution in [0.5, 0.6) is 0 Å². The van der Waals surface area contributed by atoms with E-state index in [0.29, 0.717) is 5.56 Å². The highest BCUT2D eigenvalue weighted by Gasteiger charge is 2.13. The first kappa shape index (κ1) is 15.5. The molecule has 0 amide bonds. The Morgan fingerprint density at radius 3 is 2.60 bits per heavy atom. The molecule has 4 rings (SSSR count). The summed E-state index contributed by atoms with van der Waals surface area (Å²) >= 11 is 1.54. The number of aromatic nitrogens is 2. The van der Waals surface area contributed by atoms with E-state index in [-0.39, 0.29) is 11.6 Å². The summed E-state index contributed by atoms with van der Waals surface area (Å²) in [4.78, 5) is 17.9. The zero-order valence-corrected chi connectivity index (χ0v) is 13.9. The normalized spacial score (nSPS) is 11.4. The maximum Gasteiger partial charge on any atom is 0.194 e. The molecule has 0 radical (unpaired) electrons. The van der Waals surface area contributed by atoms with Crippen LogP contribution in [0.4, 0.5) is 4.39 Å². The van der Waals surface area contributed by atoms with Crippen LogP contribution in [-0.2, 0) is 0 Å². The number of allylic oxidation sites excluding steroid dienone is 1. The molecule has 0 spiro atoms. The SMILES string of the molecule is O=C(/C=C/c1c(-c2ccccc2)nc2sccn12)c1ccc(F)cc1. The van der Waals surface area contributed by atoms with Crippen molar-refractivity contribution in [2.75, 3.05) is 0 Å². The van der Waals surface area contributed by atoms with Gasteiger partial charge < -0.3 is 0 Å². The van der Waals surface area contributed by atoms with Gasteiger partial charge in [0, 0.05) is 22.7 Å². The van der Waals surface area contributed by atoms with Crippen LogP contribution in [0, 0.1) is 5.82 Å². The molecule has 122 valence electrons. The lowest BCUT2D eigenvalue weighted by Crippen LogP contribution is -1.94. The van der Waals surface area contributed by atoms with E-state index in [4.69, 9.17) is 0 Å². The Kier molecular flexibility index (Phi) is 3.99. The minimum Gasteiger partial charge on any atom is -0.290 e. The first-order valence-corrected chi connectivity index (χ1v) is 8.59. The number of hydrogen-bond donors (Lipinski definition) is 0. The lowest BCUT2D eigenvalue weighted by atomic mass is 10.1. The van der Waals surface area contributed by atoms with Crippen LogP contribution >= 0.6 is 11.3 Å². The maximum absolute atomic E-state index is 13.0. The molecule has 0 unspecified atom stereocenters. The van der Waals surface area contributed by atoms with Gasteiger partial charge in [0.25, 0.3) is 0 Å². The van der Waals surface area contributed by atoms with Gasteiger partial charge in [-0.2, -0.15) is 0 Å². The van der Waals surface area contributed by atoms with E-state index in [2.05, 4.69) is 4.98 Å². The molecule has 3 nitrogen and oxygen atoms in total. The fourth-order valence-corrected chi connectivity index (χ4v) is 3.36. The number of hydrogen-bond acceptors (Lipinski definition) is 3. The van der Waals surface area contributed by atoms with E-state index >= 15 is 0 Å². The topological polar surface area (TPSA) is 34.4 Å². The van der Waals surface area contributed by atoms with Gasteiger partial charge in [0.2, 0.25) is 0 Å². The molecule has 0 aliphatic carbocycles. The van der Waals surface area contributed by atoms with Crippen molar-refractivity contribution in [2.45, 2.75) is 0 Å². The number of carbonyl (C=O) groups excluding carboxylic acids is 1. The van der Waals surface area contributed by atoms with Gasteiger partial charge in [-0.05, 0) is 36.4 Å². The molecular formula is C20H13FN2OS. The lowest BCUT2D eigenvalue weighted by Gasteiger charge is -2.00. The monoisotopic (exact) mass is 348 g/mol. The summed E-state index contributed by atoms with van der Waals surface area (Å²) in [6.07, 6.45) is 5.20. The number of thiazole rings is 1. The van der Waals surface area contributed by atoms with Crippen LogP contribution in [-0.4, -0.2) is 15.2 Å². The Morgan fingerprint density at radius 1 is 1.08 bits per heavy atom. The van der Waals surface area contributed by atoms with Crippen LogP contribution in [0.2, 0.25) is 0 Å². The van der Waals surface area contributed by atoms with Gasteiger partial charge in [0.15, 0.2) is 10.7 Å². The van der Waals surface area contributed by atoms with Gasteiger partial charge in [-0.1, -0.05) is 30.3 Å². The van der Waals surface area contributed by atoms with E-state index in [1.54, 1.807) is 17.4 Å². The molecule has 0 fully saturated rings. The highest BCUT2D eigenvalue weighted by Crippen LogP contribution is 2.27. The van der Waals surface area contributed by atoms with Crippen molar-refractivity contribution in [3.63, 3.8) is 0 Å². The van der Waals surface area contributed by atoms with Gasteiger partial charge in [-0.25, -0.2) is 9.37 Å². The van der Waals surface area contributed by atoms with Crippen LogP contribution < -0.4 is 0 Å². The van der Waals surface area contributed by atoms with E-state index in [1.807, 2.05) is 46.3 Å². The quantitative estimate of drug-likeness (QED) is 0.380. The molecule has 5 heteroatoms. The molecule has 0 saturated carbocycles. The van der Waals surface area contributed by atoms with Crippen molar-refractivity contribution < 1.29 is 9.18 Å². The number of fused-ring (bicyclic) bond motifs is 1. The Bertz CT molecular complexity index is 1060. The van der Waals surface area contributed by atoms with Gasteiger partial charge in [-0.3, -0.25) is 9.20 Å². The molecular weight excluding hydrogens is 335 g/mol. The van der Waals surface area contributed by atoms with E-state index in [9.17, 15) is 9.18 Å². The van der Waals surface area contributed by atoms with Crippen molar-refractivity contribution in [1.82, 2.24) is 9.38 Å². The minimum atomic E-state index is -0.359. The minimum absolute atomic E-state index is 0.177. The summed E-state index contributed by atoms with van der Waals surface area (Å²) in [5.74, 6) is -0.535. The first-order chi connectivity index (χ1) is 12.2. The Morgan fingerprint density at radius 2 is 1.84 bits per heavy atom. The number of nitrogens with zero attached hydrogens (tertiary/aromatic N) is 2. The lowest BCUT2D eigenvalue weighted by molar-refractivity contribution is 0.104. The summed E-state index contributed by atoms with van der Waals surface area (Å²) in [6, 6.07) is 15.4. The fourth-order valence-electron chi connectivity index (χ4n) is 2.64. The second kappa shape index (κ2) is 6.45. The van der Waals surface area contributed by atoms with E-state index in [1.165, 1.54) is 30.3 Å². The van der Waals surface area contributed by atoms with Gasteiger partial charge in [0.05, 0.1) is 11.4 Å². The van der Waals surface area contributed by atoms with Gasteiger partial charge in [0.1, 0.15) is 5.82 Å². The highest BCUT2D eigenvalue weighted by atomic mass is 32.1. The smallest absolute Gasteiger partial charge is 0.194 e. The highest BCUT2D eigenvalue weighted by molar-refractivity contribution is 7.15. The Labute approximate surface area is 147 Å². The summed E-state index contributed by atoms with van der Waals surface area (Å²) < 4.78 is 15.0. The molecule has 0 aliphatic rings. The third kappa shape index (κ3) is 3.02. The van der Waals surface area contributed by atoms with Gasteiger partial charge >= 0.3 is 0 Å². The van der Waals surface area contributed by atoms with Crippen molar-refractivity contribution in [3.8, 4) is 11.3 Å². The summed E-state index contributed by atoms with van der Waals surface area (Å²) in [5.41, 5.74) is 3.12. The molecule has 0 aliphatic heterocycles. The average Bonchev–Trinajstić information content (AvgIpc) is 3.22. The molecule has 2 aromatic heterocycles. The summed E-state index contributed by atoms with van der Waals surface area (Å²) in [6.45, 7) is 0. The number of carbonyl (C=O) groups is 1. The standard InChI is InChI=1S/C20H13FN2OS/c21-16-8-6-14(7-9-16)18(24)11-10-17-19(15-4-2-1-3-5-15)22-20-23(17)12-13-25-20/h1-13H/b11-10+. The van der Waals surface area contributed by atoms with Crippen LogP contribution in [0.15, 0.2) is 72.3 Å². The molecule has 2 aromatic carbocycles. The fraction of sp³-hybridized carbons (Fsp3) is 0. The number of imidazole rings is 1. The zero-order valence-electron chi connectivity index (χ0n) is 13.1. The Hall–Kier alpha value is -3.05. The maximum atomic E-state index is 13.0. The predicted octanol–water partition coefficient (Wildman–Crippen LogP) is 5.10. The van der Waals surface area contributed by atoms with Crippen molar-refractivity contribution >= 4 is 28.2 Å². The third-order valence-electron chi connectivity index (χ3n) is 3.87. The van der Waals surface area contributed by atoms with Crippen LogP contribution in [0.25, 0.3) is 22.3 Å². The summed E-state index contributed by atoms with van der Waals surface area (Å²) in [7, 11) is 0. The van der Waals surface area contributed by atoms with Gasteiger partial charge in [-0.15, -0.1) is 11.3 Å². The number of halogens is 1. The van der Waals surface area contributed by atoms with Crippen molar-refractivity contribution in [2.24, 2.45) is 0 Å².